The molecule has 1 aliphatic rings. The fourth-order valence-electron chi connectivity index (χ4n) is 1.93. The number of anilines is 2. The summed E-state index contributed by atoms with van der Waals surface area (Å²) in [6, 6.07) is 4.62. The lowest BCUT2D eigenvalue weighted by atomic mass is 10.1. The van der Waals surface area contributed by atoms with Gasteiger partial charge in [-0.05, 0) is 18.2 Å². The van der Waals surface area contributed by atoms with Gasteiger partial charge in [-0.15, -0.1) is 10.2 Å². The number of hydrogen-bond acceptors (Lipinski definition) is 10. The van der Waals surface area contributed by atoms with E-state index in [-0.39, 0.29) is 24.1 Å². The number of carbonyl (C=O) groups excluding carboxylic acids is 3. The van der Waals surface area contributed by atoms with Crippen LogP contribution in [0.15, 0.2) is 22.5 Å². The highest BCUT2D eigenvalue weighted by atomic mass is 32.2. The summed E-state index contributed by atoms with van der Waals surface area (Å²) in [5.41, 5.74) is 6.16. The number of thioether (sulfide) groups is 1. The minimum Gasteiger partial charge on any atom is -0.482 e. The third-order valence-electron chi connectivity index (χ3n) is 3.03. The van der Waals surface area contributed by atoms with Crippen LogP contribution in [-0.2, 0) is 14.3 Å². The molecule has 0 saturated heterocycles. The monoisotopic (exact) mass is 380 g/mol. The Morgan fingerprint density at radius 3 is 3.00 bits per heavy atom. The Morgan fingerprint density at radius 1 is 1.40 bits per heavy atom. The van der Waals surface area contributed by atoms with Gasteiger partial charge in [0, 0.05) is 5.56 Å². The normalized spacial score (nSPS) is 12.7. The van der Waals surface area contributed by atoms with Crippen LogP contribution in [0, 0.1) is 0 Å². The molecule has 0 radical (unpaired) electrons. The van der Waals surface area contributed by atoms with E-state index in [4.69, 9.17) is 15.2 Å². The Morgan fingerprint density at radius 2 is 2.24 bits per heavy atom. The average Bonchev–Trinajstić information content (AvgIpc) is 3.02. The number of carbonyl (C=O) groups is 3. The Labute approximate surface area is 149 Å². The van der Waals surface area contributed by atoms with E-state index in [1.165, 1.54) is 6.07 Å². The average molecular weight is 380 g/mol. The zero-order valence-electron chi connectivity index (χ0n) is 12.7. The van der Waals surface area contributed by atoms with E-state index in [0.717, 1.165) is 23.1 Å². The van der Waals surface area contributed by atoms with Gasteiger partial charge in [-0.2, -0.15) is 0 Å². The third kappa shape index (κ3) is 4.45. The molecule has 9 nitrogen and oxygen atoms in total. The summed E-state index contributed by atoms with van der Waals surface area (Å²) in [5.74, 6) is -0.752. The van der Waals surface area contributed by atoms with Crippen molar-refractivity contribution in [3.63, 3.8) is 0 Å². The van der Waals surface area contributed by atoms with Gasteiger partial charge < -0.3 is 20.5 Å². The molecule has 130 valence electrons. The molecule has 0 saturated carbocycles. The topological polar surface area (TPSA) is 134 Å². The van der Waals surface area contributed by atoms with Crippen molar-refractivity contribution in [2.24, 2.45) is 0 Å². The molecule has 0 atom stereocenters. The third-order valence-corrected chi connectivity index (χ3v) is 4.89. The van der Waals surface area contributed by atoms with E-state index in [2.05, 4.69) is 15.5 Å². The van der Waals surface area contributed by atoms with Crippen LogP contribution in [0.5, 0.6) is 5.75 Å². The lowest BCUT2D eigenvalue weighted by Crippen LogP contribution is -2.25. The molecule has 1 aromatic carbocycles. The second kappa shape index (κ2) is 7.49. The quantitative estimate of drug-likeness (QED) is 0.427. The van der Waals surface area contributed by atoms with E-state index < -0.39 is 12.6 Å². The van der Waals surface area contributed by atoms with Crippen molar-refractivity contribution in [1.29, 1.82) is 0 Å². The first kappa shape index (κ1) is 17.2. The van der Waals surface area contributed by atoms with Crippen molar-refractivity contribution in [2.45, 2.75) is 4.34 Å². The minimum atomic E-state index is -0.554. The highest BCUT2D eigenvalue weighted by Crippen LogP contribution is 2.28. The number of benzene rings is 1. The molecule has 0 fully saturated rings. The number of esters is 1. The zero-order valence-corrected chi connectivity index (χ0v) is 14.3. The molecule has 0 bridgehead atoms. The first-order valence-electron chi connectivity index (χ1n) is 6.98. The Bertz CT molecular complexity index is 838. The number of nitrogens with two attached hydrogens (primary N) is 1. The highest BCUT2D eigenvalue weighted by molar-refractivity contribution is 8.01. The van der Waals surface area contributed by atoms with Crippen LogP contribution in [0.25, 0.3) is 0 Å². The van der Waals surface area contributed by atoms with E-state index in [1.807, 2.05) is 0 Å². The van der Waals surface area contributed by atoms with Gasteiger partial charge in [-0.25, -0.2) is 0 Å². The summed E-state index contributed by atoms with van der Waals surface area (Å²) in [4.78, 5) is 35.1. The van der Waals surface area contributed by atoms with E-state index in [0.29, 0.717) is 26.5 Å². The van der Waals surface area contributed by atoms with Crippen LogP contribution < -0.4 is 15.8 Å². The second-order valence-corrected chi connectivity index (χ2v) is 7.06. The van der Waals surface area contributed by atoms with Crippen LogP contribution in [-0.4, -0.2) is 46.8 Å². The first-order valence-corrected chi connectivity index (χ1v) is 8.79. The maximum absolute atomic E-state index is 12.1. The van der Waals surface area contributed by atoms with Gasteiger partial charge >= 0.3 is 5.97 Å². The second-order valence-electron chi connectivity index (χ2n) is 4.83. The Hall–Kier alpha value is -2.66. The Balaban J connectivity index is 1.51. The number of nitrogens with zero attached hydrogens (tertiary/aromatic N) is 2. The number of hydrogen-bond donors (Lipinski definition) is 2. The molecule has 11 heteroatoms. The summed E-state index contributed by atoms with van der Waals surface area (Å²) in [7, 11) is 0. The summed E-state index contributed by atoms with van der Waals surface area (Å²) < 4.78 is 10.7. The smallest absolute Gasteiger partial charge is 0.316 e. The molecule has 2 aromatic rings. The fourth-order valence-corrected chi connectivity index (χ4v) is 3.36. The summed E-state index contributed by atoms with van der Waals surface area (Å²) in [6.45, 7) is -0.457. The van der Waals surface area contributed by atoms with Crippen molar-refractivity contribution < 1.29 is 23.9 Å². The summed E-state index contributed by atoms with van der Waals surface area (Å²) in [6.07, 6.45) is 0. The number of nitrogens with one attached hydrogen (secondary N) is 1. The predicted molar refractivity (Wildman–Crippen MR) is 90.9 cm³/mol. The molecule has 1 amide bonds. The van der Waals surface area contributed by atoms with Crippen LogP contribution in [0.2, 0.25) is 0 Å². The highest BCUT2D eigenvalue weighted by Gasteiger charge is 2.18. The summed E-state index contributed by atoms with van der Waals surface area (Å²) >= 11 is 2.29. The van der Waals surface area contributed by atoms with Gasteiger partial charge in [-0.1, -0.05) is 23.1 Å². The summed E-state index contributed by atoms with van der Waals surface area (Å²) in [5, 5.41) is 10.3. The zero-order chi connectivity index (χ0) is 17.8. The number of Topliss-reactive ketones (excluding diaryl/α,β-unsaturated/α-hetero) is 1. The van der Waals surface area contributed by atoms with E-state index in [1.54, 1.807) is 12.1 Å². The number of ketones is 1. The molecule has 0 spiro atoms. The molecule has 1 aromatic heterocycles. The van der Waals surface area contributed by atoms with Crippen molar-refractivity contribution in [3.05, 3.63) is 23.8 Å². The Kier molecular flexibility index (Phi) is 5.14. The fraction of sp³-hybridized carbons (Fsp3) is 0.214. The minimum absolute atomic E-state index is 0.00397. The molecular formula is C14H12N4O5S2. The van der Waals surface area contributed by atoms with Gasteiger partial charge in [0.15, 0.2) is 23.3 Å². The van der Waals surface area contributed by atoms with Crippen molar-refractivity contribution in [2.75, 3.05) is 30.0 Å². The van der Waals surface area contributed by atoms with Crippen LogP contribution in [0.1, 0.15) is 10.4 Å². The lowest BCUT2D eigenvalue weighted by Gasteiger charge is -2.18. The molecule has 0 unspecified atom stereocenters. The molecule has 2 heterocycles. The number of nitrogen functional groups attached to an aromatic ring is 1. The van der Waals surface area contributed by atoms with Gasteiger partial charge in [0.05, 0.1) is 11.4 Å². The standard InChI is InChI=1S/C14H12N4O5S2/c15-13-17-18-14(25-13)24-6-12(21)23-4-9(19)7-1-2-10-8(3-7)16-11(20)5-22-10/h1-3H,4-6H2,(H2,15,17)(H,16,20). The number of ether oxygens (including phenoxy) is 2. The number of amides is 1. The van der Waals surface area contributed by atoms with Crippen LogP contribution in [0.4, 0.5) is 10.8 Å². The van der Waals surface area contributed by atoms with Crippen molar-refractivity contribution in [3.8, 4) is 5.75 Å². The predicted octanol–water partition coefficient (Wildman–Crippen LogP) is 0.969. The maximum Gasteiger partial charge on any atom is 0.316 e. The molecule has 25 heavy (non-hydrogen) atoms. The molecule has 1 aliphatic heterocycles. The number of fused-ring (bicyclic) bond motifs is 1. The molecule has 3 N–H and O–H groups in total. The van der Waals surface area contributed by atoms with Gasteiger partial charge in [-0.3, -0.25) is 14.4 Å². The molecule has 3 rings (SSSR count). The largest absolute Gasteiger partial charge is 0.482 e. The first-order chi connectivity index (χ1) is 12.0. The lowest BCUT2D eigenvalue weighted by molar-refractivity contribution is -0.139. The number of rotatable bonds is 6. The van der Waals surface area contributed by atoms with E-state index in [9.17, 15) is 14.4 Å². The number of aromatic nitrogens is 2. The van der Waals surface area contributed by atoms with Gasteiger partial charge in [0.2, 0.25) is 5.13 Å². The van der Waals surface area contributed by atoms with E-state index >= 15 is 0 Å². The molecule has 0 aliphatic carbocycles. The van der Waals surface area contributed by atoms with Crippen molar-refractivity contribution in [1.82, 2.24) is 10.2 Å². The van der Waals surface area contributed by atoms with Crippen molar-refractivity contribution >= 4 is 51.6 Å². The molecular weight excluding hydrogens is 368 g/mol. The van der Waals surface area contributed by atoms with Crippen LogP contribution >= 0.6 is 23.1 Å². The van der Waals surface area contributed by atoms with Gasteiger partial charge in [0.25, 0.3) is 5.91 Å². The van der Waals surface area contributed by atoms with Gasteiger partial charge in [0.1, 0.15) is 5.75 Å². The maximum atomic E-state index is 12.1. The van der Waals surface area contributed by atoms with Crippen LogP contribution in [0.3, 0.4) is 0 Å². The SMILES string of the molecule is Nc1nnc(SCC(=O)OCC(=O)c2ccc3c(c2)NC(=O)CO3)s1.